The van der Waals surface area contributed by atoms with Gasteiger partial charge in [-0.05, 0) is 29.8 Å². The maximum atomic E-state index is 13.2. The molecular formula is C13H10Cl2FNO2S. The van der Waals surface area contributed by atoms with Crippen LogP contribution in [0.2, 0.25) is 5.02 Å². The molecule has 2 aromatic carbocycles. The van der Waals surface area contributed by atoms with E-state index in [1.54, 1.807) is 24.3 Å². The molecule has 0 amide bonds. The van der Waals surface area contributed by atoms with Crippen molar-refractivity contribution in [3.05, 3.63) is 58.9 Å². The first-order valence-electron chi connectivity index (χ1n) is 5.56. The second kappa shape index (κ2) is 5.99. The largest absolute Gasteiger partial charge is 0.279 e. The minimum Gasteiger partial charge on any atom is -0.279 e. The van der Waals surface area contributed by atoms with Crippen molar-refractivity contribution in [1.29, 1.82) is 0 Å². The van der Waals surface area contributed by atoms with Crippen molar-refractivity contribution >= 4 is 38.9 Å². The van der Waals surface area contributed by atoms with E-state index in [9.17, 15) is 12.8 Å². The van der Waals surface area contributed by atoms with E-state index in [4.69, 9.17) is 23.2 Å². The summed E-state index contributed by atoms with van der Waals surface area (Å²) in [6.45, 7) is 0. The number of rotatable bonds is 4. The lowest BCUT2D eigenvalue weighted by atomic mass is 10.2. The fourth-order valence-electron chi connectivity index (χ4n) is 1.62. The second-order valence-electron chi connectivity index (χ2n) is 3.97. The van der Waals surface area contributed by atoms with E-state index in [2.05, 4.69) is 4.72 Å². The predicted molar refractivity (Wildman–Crippen MR) is 78.2 cm³/mol. The SMILES string of the molecule is O=S(=O)(Nc1ccccc1CCl)c1cc(F)ccc1Cl. The van der Waals surface area contributed by atoms with Gasteiger partial charge in [0.2, 0.25) is 0 Å². The average molecular weight is 334 g/mol. The molecule has 0 unspecified atom stereocenters. The predicted octanol–water partition coefficient (Wildman–Crippen LogP) is 4.02. The maximum absolute atomic E-state index is 13.2. The van der Waals surface area contributed by atoms with Crippen LogP contribution in [0.5, 0.6) is 0 Å². The zero-order chi connectivity index (χ0) is 14.8. The Balaban J connectivity index is 2.43. The minimum atomic E-state index is -3.98. The molecule has 0 heterocycles. The summed E-state index contributed by atoms with van der Waals surface area (Å²) in [5.74, 6) is -0.532. The summed E-state index contributed by atoms with van der Waals surface area (Å²) in [7, 11) is -3.98. The van der Waals surface area contributed by atoms with E-state index in [0.717, 1.165) is 12.1 Å². The van der Waals surface area contributed by atoms with Gasteiger partial charge in [-0.1, -0.05) is 29.8 Å². The molecule has 3 nitrogen and oxygen atoms in total. The van der Waals surface area contributed by atoms with E-state index >= 15 is 0 Å². The van der Waals surface area contributed by atoms with E-state index < -0.39 is 15.8 Å². The molecule has 0 aromatic heterocycles. The van der Waals surface area contributed by atoms with Gasteiger partial charge in [0.15, 0.2) is 0 Å². The lowest BCUT2D eigenvalue weighted by Crippen LogP contribution is -2.14. The summed E-state index contributed by atoms with van der Waals surface area (Å²) >= 11 is 11.6. The van der Waals surface area contributed by atoms with Gasteiger partial charge in [-0.3, -0.25) is 4.72 Å². The van der Waals surface area contributed by atoms with E-state index in [1.807, 2.05) is 0 Å². The topological polar surface area (TPSA) is 46.2 Å². The lowest BCUT2D eigenvalue weighted by Gasteiger charge is -2.12. The van der Waals surface area contributed by atoms with Crippen LogP contribution >= 0.6 is 23.2 Å². The number of hydrogen-bond acceptors (Lipinski definition) is 2. The summed E-state index contributed by atoms with van der Waals surface area (Å²) in [5, 5.41) is -0.0535. The average Bonchev–Trinajstić information content (AvgIpc) is 2.41. The zero-order valence-electron chi connectivity index (χ0n) is 10.1. The van der Waals surface area contributed by atoms with Crippen LogP contribution < -0.4 is 4.72 Å². The number of hydrogen-bond donors (Lipinski definition) is 1. The van der Waals surface area contributed by atoms with Crippen LogP contribution in [0.25, 0.3) is 0 Å². The first kappa shape index (κ1) is 15.1. The van der Waals surface area contributed by atoms with Crippen molar-refractivity contribution in [2.75, 3.05) is 4.72 Å². The minimum absolute atomic E-state index is 0.0535. The Labute approximate surface area is 126 Å². The first-order valence-corrected chi connectivity index (χ1v) is 7.95. The Kier molecular flexibility index (Phi) is 4.52. The molecule has 7 heteroatoms. The van der Waals surface area contributed by atoms with Crippen LogP contribution in [0.4, 0.5) is 10.1 Å². The van der Waals surface area contributed by atoms with Gasteiger partial charge in [-0.2, -0.15) is 0 Å². The number of para-hydroxylation sites is 1. The fourth-order valence-corrected chi connectivity index (χ4v) is 3.47. The summed E-state index contributed by atoms with van der Waals surface area (Å²) < 4.78 is 40.0. The monoisotopic (exact) mass is 333 g/mol. The molecule has 20 heavy (non-hydrogen) atoms. The third kappa shape index (κ3) is 3.23. The van der Waals surface area contributed by atoms with Crippen LogP contribution in [-0.2, 0) is 15.9 Å². The molecule has 0 spiro atoms. The highest BCUT2D eigenvalue weighted by atomic mass is 35.5. The Morgan fingerprint density at radius 2 is 1.85 bits per heavy atom. The molecule has 2 aromatic rings. The highest BCUT2D eigenvalue weighted by Crippen LogP contribution is 2.26. The molecule has 0 aliphatic carbocycles. The molecule has 106 valence electrons. The highest BCUT2D eigenvalue weighted by molar-refractivity contribution is 7.92. The van der Waals surface area contributed by atoms with E-state index in [-0.39, 0.29) is 15.8 Å². The third-order valence-corrected chi connectivity index (χ3v) is 4.72. The van der Waals surface area contributed by atoms with Crippen molar-refractivity contribution in [1.82, 2.24) is 0 Å². The molecule has 2 rings (SSSR count). The van der Waals surface area contributed by atoms with Crippen LogP contribution in [0.15, 0.2) is 47.4 Å². The van der Waals surface area contributed by atoms with Gasteiger partial charge in [0.25, 0.3) is 10.0 Å². The fraction of sp³-hybridized carbons (Fsp3) is 0.0769. The summed E-state index contributed by atoms with van der Waals surface area (Å²) in [6, 6.07) is 9.83. The molecule has 0 aliphatic rings. The molecule has 0 aliphatic heterocycles. The Morgan fingerprint density at radius 3 is 2.55 bits per heavy atom. The van der Waals surface area contributed by atoms with Crippen LogP contribution in [-0.4, -0.2) is 8.42 Å². The first-order chi connectivity index (χ1) is 9.44. The Hall–Kier alpha value is -1.30. The van der Waals surface area contributed by atoms with Gasteiger partial charge in [-0.25, -0.2) is 12.8 Å². The second-order valence-corrected chi connectivity index (χ2v) is 6.30. The number of nitrogens with one attached hydrogen (secondary N) is 1. The molecule has 0 fully saturated rings. The van der Waals surface area contributed by atoms with Gasteiger partial charge in [0.05, 0.1) is 10.7 Å². The van der Waals surface area contributed by atoms with Crippen LogP contribution in [0, 0.1) is 5.82 Å². The summed E-state index contributed by atoms with van der Waals surface area (Å²) in [5.41, 5.74) is 0.952. The van der Waals surface area contributed by atoms with Crippen LogP contribution in [0.1, 0.15) is 5.56 Å². The van der Waals surface area contributed by atoms with Gasteiger partial charge in [0, 0.05) is 5.88 Å². The van der Waals surface area contributed by atoms with Crippen molar-refractivity contribution < 1.29 is 12.8 Å². The number of alkyl halides is 1. The molecule has 0 saturated heterocycles. The van der Waals surface area contributed by atoms with Gasteiger partial charge < -0.3 is 0 Å². The highest BCUT2D eigenvalue weighted by Gasteiger charge is 2.19. The number of benzene rings is 2. The third-order valence-electron chi connectivity index (χ3n) is 2.59. The maximum Gasteiger partial charge on any atom is 0.263 e. The summed E-state index contributed by atoms with van der Waals surface area (Å²) in [4.78, 5) is -0.316. The Bertz CT molecular complexity index is 735. The van der Waals surface area contributed by atoms with Crippen molar-refractivity contribution in [2.24, 2.45) is 0 Å². The molecule has 0 saturated carbocycles. The van der Waals surface area contributed by atoms with Gasteiger partial charge in [-0.15, -0.1) is 11.6 Å². The molecule has 0 atom stereocenters. The number of sulfonamides is 1. The smallest absolute Gasteiger partial charge is 0.263 e. The normalized spacial score (nSPS) is 11.3. The zero-order valence-corrected chi connectivity index (χ0v) is 12.4. The van der Waals surface area contributed by atoms with Gasteiger partial charge in [0.1, 0.15) is 10.7 Å². The van der Waals surface area contributed by atoms with E-state index in [0.29, 0.717) is 11.3 Å². The quantitative estimate of drug-likeness (QED) is 0.859. The molecular weight excluding hydrogens is 324 g/mol. The van der Waals surface area contributed by atoms with Crippen molar-refractivity contribution in [3.8, 4) is 0 Å². The number of halogens is 3. The van der Waals surface area contributed by atoms with Crippen molar-refractivity contribution in [2.45, 2.75) is 10.8 Å². The van der Waals surface area contributed by atoms with E-state index in [1.165, 1.54) is 6.07 Å². The van der Waals surface area contributed by atoms with Crippen LogP contribution in [0.3, 0.4) is 0 Å². The molecule has 0 bridgehead atoms. The lowest BCUT2D eigenvalue weighted by molar-refractivity contribution is 0.595. The molecule has 0 radical (unpaired) electrons. The van der Waals surface area contributed by atoms with Crippen molar-refractivity contribution in [3.63, 3.8) is 0 Å². The Morgan fingerprint density at radius 1 is 1.15 bits per heavy atom. The molecule has 1 N–H and O–H groups in total. The standard InChI is InChI=1S/C13H10Cl2FNO2S/c14-8-9-3-1-2-4-12(9)17-20(18,19)13-7-10(16)5-6-11(13)15/h1-7,17H,8H2. The number of anilines is 1. The summed E-state index contributed by atoms with van der Waals surface area (Å²) in [6.07, 6.45) is 0. The van der Waals surface area contributed by atoms with Gasteiger partial charge >= 0.3 is 0 Å².